The highest BCUT2D eigenvalue weighted by atomic mass is 31.2. The molecule has 0 aliphatic carbocycles. The summed E-state index contributed by atoms with van der Waals surface area (Å²) in [6.45, 7) is 9.66. The van der Waals surface area contributed by atoms with Crippen molar-refractivity contribution >= 4 is 39.5 Å². The maximum atomic E-state index is 13.1. The Morgan fingerprint density at radius 2 is 0.460 bits per heavy atom. The van der Waals surface area contributed by atoms with Crippen LogP contribution in [0.25, 0.3) is 0 Å². The molecule has 0 bridgehead atoms. The Hall–Kier alpha value is -1.94. The van der Waals surface area contributed by atoms with Crippen molar-refractivity contribution in [1.82, 2.24) is 0 Å². The van der Waals surface area contributed by atoms with Crippen LogP contribution in [0.4, 0.5) is 0 Å². The van der Waals surface area contributed by atoms with Gasteiger partial charge in [-0.05, 0) is 37.5 Å². The number of ether oxygens (including phenoxy) is 4. The summed E-state index contributed by atoms with van der Waals surface area (Å²) in [6, 6.07) is 0. The summed E-state index contributed by atoms with van der Waals surface area (Å²) >= 11 is 0. The van der Waals surface area contributed by atoms with Gasteiger partial charge in [0, 0.05) is 25.7 Å². The van der Waals surface area contributed by atoms with Crippen LogP contribution in [0, 0.1) is 11.8 Å². The van der Waals surface area contributed by atoms with E-state index in [2.05, 4.69) is 41.5 Å². The maximum absolute atomic E-state index is 13.1. The van der Waals surface area contributed by atoms with Crippen LogP contribution in [0.5, 0.6) is 0 Å². The Balaban J connectivity index is 5.21. The van der Waals surface area contributed by atoms with Gasteiger partial charge in [0.15, 0.2) is 12.2 Å². The molecule has 0 saturated heterocycles. The predicted molar refractivity (Wildman–Crippen MR) is 409 cm³/mol. The summed E-state index contributed by atoms with van der Waals surface area (Å²) < 4.78 is 68.7. The van der Waals surface area contributed by atoms with E-state index >= 15 is 0 Å². The number of carbonyl (C=O) groups is 4. The zero-order valence-corrected chi connectivity index (χ0v) is 67.3. The summed E-state index contributed by atoms with van der Waals surface area (Å²) in [5, 5.41) is 10.6. The second kappa shape index (κ2) is 72.6. The molecule has 17 nitrogen and oxygen atoms in total. The van der Waals surface area contributed by atoms with Crippen LogP contribution in [-0.4, -0.2) is 96.7 Å². The van der Waals surface area contributed by atoms with E-state index in [0.717, 1.165) is 102 Å². The fourth-order valence-electron chi connectivity index (χ4n) is 12.5. The smallest absolute Gasteiger partial charge is 0.462 e. The summed E-state index contributed by atoms with van der Waals surface area (Å²) in [5.41, 5.74) is 0. The molecule has 0 aromatic heterocycles. The van der Waals surface area contributed by atoms with Crippen molar-refractivity contribution < 1.29 is 80.2 Å². The molecule has 3 N–H and O–H groups in total. The van der Waals surface area contributed by atoms with Crippen molar-refractivity contribution in [3.63, 3.8) is 0 Å². The van der Waals surface area contributed by atoms with Crippen molar-refractivity contribution in [2.75, 3.05) is 39.6 Å². The molecule has 100 heavy (non-hydrogen) atoms. The van der Waals surface area contributed by atoms with Crippen molar-refractivity contribution in [3.8, 4) is 0 Å². The fourth-order valence-corrected chi connectivity index (χ4v) is 14.1. The van der Waals surface area contributed by atoms with Gasteiger partial charge in [0.25, 0.3) is 0 Å². The van der Waals surface area contributed by atoms with Crippen LogP contribution in [0.15, 0.2) is 0 Å². The standard InChI is InChI=1S/C81H158O17P2/c1-7-9-11-13-15-17-18-19-20-26-29-34-40-46-52-58-64-79(84)92-70-77(98-80(85)65-59-53-47-41-35-30-27-24-22-21-23-25-28-32-38-43-49-55-61-73(3)4)72-96-100(89,90)94-68-75(82)67-93-99(87,88)95-71-76(69-91-78(83)63-57-51-45-37-16-14-12-10-8-2)97-81(86)66-60-54-48-42-36-31-33-39-44-50-56-62-74(5)6/h73-77,82H,7-72H2,1-6H3,(H,87,88)(H,89,90)/t75-,76+,77+/m0/s1. The minimum absolute atomic E-state index is 0.107. The maximum Gasteiger partial charge on any atom is 0.472 e. The highest BCUT2D eigenvalue weighted by molar-refractivity contribution is 7.47. The number of aliphatic hydroxyl groups excluding tert-OH is 1. The molecule has 0 saturated carbocycles. The molecular weight excluding hydrogens is 1310 g/mol. The Morgan fingerprint density at radius 1 is 0.270 bits per heavy atom. The molecule has 0 rings (SSSR count). The van der Waals surface area contributed by atoms with Crippen molar-refractivity contribution in [2.45, 2.75) is 445 Å². The van der Waals surface area contributed by atoms with E-state index in [1.807, 2.05) is 0 Å². The lowest BCUT2D eigenvalue weighted by atomic mass is 10.0. The Labute approximate surface area is 613 Å². The van der Waals surface area contributed by atoms with Gasteiger partial charge < -0.3 is 33.8 Å². The van der Waals surface area contributed by atoms with E-state index in [1.54, 1.807) is 0 Å². The Bertz CT molecular complexity index is 1920. The molecule has 5 atom stereocenters. The number of unbranched alkanes of at least 4 members (excludes halogenated alkanes) is 50. The second-order valence-corrected chi connectivity index (χ2v) is 33.0. The molecule has 0 spiro atoms. The quantitative estimate of drug-likeness (QED) is 0.0222. The molecule has 594 valence electrons. The average Bonchev–Trinajstić information content (AvgIpc) is 1.16. The molecule has 0 heterocycles. The minimum Gasteiger partial charge on any atom is -0.462 e. The Morgan fingerprint density at radius 3 is 0.680 bits per heavy atom. The number of aliphatic hydroxyl groups is 1. The normalized spacial score (nSPS) is 13.9. The average molecular weight is 1470 g/mol. The van der Waals surface area contributed by atoms with Gasteiger partial charge in [0.2, 0.25) is 0 Å². The molecule has 0 amide bonds. The molecule has 0 aliphatic rings. The lowest BCUT2D eigenvalue weighted by Crippen LogP contribution is -2.30. The summed E-state index contributed by atoms with van der Waals surface area (Å²) in [5.74, 6) is -0.523. The van der Waals surface area contributed by atoms with Crippen LogP contribution in [0.3, 0.4) is 0 Å². The molecular formula is C81H158O17P2. The van der Waals surface area contributed by atoms with Gasteiger partial charge in [0.05, 0.1) is 26.4 Å². The van der Waals surface area contributed by atoms with Gasteiger partial charge in [-0.3, -0.25) is 37.3 Å². The van der Waals surface area contributed by atoms with Gasteiger partial charge in [-0.2, -0.15) is 0 Å². The van der Waals surface area contributed by atoms with Gasteiger partial charge >= 0.3 is 39.5 Å². The fraction of sp³-hybridized carbons (Fsp3) is 0.951. The molecule has 0 aromatic rings. The third kappa shape index (κ3) is 74.3. The van der Waals surface area contributed by atoms with E-state index in [4.69, 9.17) is 37.0 Å². The third-order valence-corrected chi connectivity index (χ3v) is 20.9. The minimum atomic E-state index is -4.96. The SMILES string of the molecule is CCCCCCCCCCCCCCCCCCC(=O)OC[C@H](COP(=O)(O)OC[C@@H](O)COP(=O)(O)OC[C@@H](COC(=O)CCCCCCCCCCC)OC(=O)CCCCCCCCCCCCCC(C)C)OC(=O)CCCCCCCCCCCCCCCCCCCCC(C)C. The lowest BCUT2D eigenvalue weighted by molar-refractivity contribution is -0.161. The van der Waals surface area contributed by atoms with E-state index in [9.17, 15) is 43.2 Å². The van der Waals surface area contributed by atoms with Gasteiger partial charge in [-0.15, -0.1) is 0 Å². The summed E-state index contributed by atoms with van der Waals surface area (Å²) in [4.78, 5) is 73.0. The number of hydrogen-bond acceptors (Lipinski definition) is 15. The first-order chi connectivity index (χ1) is 48.4. The van der Waals surface area contributed by atoms with Crippen molar-refractivity contribution in [3.05, 3.63) is 0 Å². The first kappa shape index (κ1) is 98.1. The number of carbonyl (C=O) groups excluding carboxylic acids is 4. The second-order valence-electron chi connectivity index (χ2n) is 30.1. The van der Waals surface area contributed by atoms with Crippen molar-refractivity contribution in [2.24, 2.45) is 11.8 Å². The van der Waals surface area contributed by atoms with Crippen LogP contribution in [0.1, 0.15) is 427 Å². The van der Waals surface area contributed by atoms with Crippen LogP contribution in [-0.2, 0) is 65.4 Å². The predicted octanol–water partition coefficient (Wildman–Crippen LogP) is 24.3. The molecule has 0 aliphatic heterocycles. The van der Waals surface area contributed by atoms with Crippen LogP contribution >= 0.6 is 15.6 Å². The lowest BCUT2D eigenvalue weighted by Gasteiger charge is -2.21. The van der Waals surface area contributed by atoms with E-state index < -0.39 is 97.5 Å². The van der Waals surface area contributed by atoms with Gasteiger partial charge in [-0.25, -0.2) is 9.13 Å². The Kier molecular flexibility index (Phi) is 71.2. The molecule has 2 unspecified atom stereocenters. The third-order valence-electron chi connectivity index (χ3n) is 19.0. The zero-order valence-electron chi connectivity index (χ0n) is 65.5. The first-order valence-corrected chi connectivity index (χ1v) is 45.0. The number of rotatable bonds is 80. The topological polar surface area (TPSA) is 237 Å². The summed E-state index contributed by atoms with van der Waals surface area (Å²) in [6.07, 6.45) is 62.5. The van der Waals surface area contributed by atoms with E-state index in [-0.39, 0.29) is 25.7 Å². The number of hydrogen-bond donors (Lipinski definition) is 3. The van der Waals surface area contributed by atoms with E-state index in [0.29, 0.717) is 25.7 Å². The van der Waals surface area contributed by atoms with Gasteiger partial charge in [-0.1, -0.05) is 375 Å². The first-order valence-electron chi connectivity index (χ1n) is 42.0. The molecule has 0 aromatic carbocycles. The largest absolute Gasteiger partial charge is 0.472 e. The number of phosphoric acid groups is 2. The number of phosphoric ester groups is 2. The molecule has 0 radical (unpaired) electrons. The highest BCUT2D eigenvalue weighted by Gasteiger charge is 2.30. The number of esters is 4. The molecule has 0 fully saturated rings. The van der Waals surface area contributed by atoms with Crippen molar-refractivity contribution in [1.29, 1.82) is 0 Å². The highest BCUT2D eigenvalue weighted by Crippen LogP contribution is 2.45. The van der Waals surface area contributed by atoms with Crippen LogP contribution < -0.4 is 0 Å². The zero-order chi connectivity index (χ0) is 73.5. The van der Waals surface area contributed by atoms with E-state index in [1.165, 1.54) is 244 Å². The monoisotopic (exact) mass is 1470 g/mol. The molecule has 19 heteroatoms. The van der Waals surface area contributed by atoms with Gasteiger partial charge in [0.1, 0.15) is 19.3 Å². The summed E-state index contributed by atoms with van der Waals surface area (Å²) in [7, 11) is -9.92. The van der Waals surface area contributed by atoms with Crippen LogP contribution in [0.2, 0.25) is 0 Å².